The highest BCUT2D eigenvalue weighted by atomic mass is 16.3. The van der Waals surface area contributed by atoms with Crippen LogP contribution in [0.2, 0.25) is 0 Å². The third-order valence-electron chi connectivity index (χ3n) is 5.16. The van der Waals surface area contributed by atoms with E-state index in [1.54, 1.807) is 0 Å². The van der Waals surface area contributed by atoms with Gasteiger partial charge in [-0.2, -0.15) is 0 Å². The van der Waals surface area contributed by atoms with Gasteiger partial charge in [-0.25, -0.2) is 0 Å². The van der Waals surface area contributed by atoms with Crippen molar-refractivity contribution < 1.29 is 5.11 Å². The van der Waals surface area contributed by atoms with Crippen molar-refractivity contribution in [1.29, 1.82) is 0 Å². The first-order valence-electron chi connectivity index (χ1n) is 8.08. The van der Waals surface area contributed by atoms with Gasteiger partial charge in [0.2, 0.25) is 0 Å². The number of aliphatic hydroxyl groups is 1. The molecule has 0 amide bonds. The predicted octanol–water partition coefficient (Wildman–Crippen LogP) is 2.91. The fourth-order valence-corrected chi connectivity index (χ4v) is 4.00. The van der Waals surface area contributed by atoms with Crippen LogP contribution < -0.4 is 0 Å². The van der Waals surface area contributed by atoms with Gasteiger partial charge in [0, 0.05) is 24.7 Å². The molecule has 0 bridgehead atoms. The smallest absolute Gasteiger partial charge is 0.0583 e. The molecule has 1 N–H and O–H groups in total. The third kappa shape index (κ3) is 2.89. The zero-order chi connectivity index (χ0) is 13.9. The largest absolute Gasteiger partial charge is 0.393 e. The minimum absolute atomic E-state index is 0.0841. The number of aryl methyl sites for hydroxylation is 1. The number of aromatic nitrogens is 1. The van der Waals surface area contributed by atoms with Crippen LogP contribution in [0.4, 0.5) is 0 Å². The molecule has 0 aromatic carbocycles. The van der Waals surface area contributed by atoms with E-state index in [2.05, 4.69) is 22.9 Å². The van der Waals surface area contributed by atoms with Crippen LogP contribution in [0.15, 0.2) is 18.3 Å². The number of pyridine rings is 1. The van der Waals surface area contributed by atoms with Gasteiger partial charge in [0.25, 0.3) is 0 Å². The Morgan fingerprint density at radius 2 is 2.10 bits per heavy atom. The minimum Gasteiger partial charge on any atom is -0.393 e. The second-order valence-corrected chi connectivity index (χ2v) is 6.46. The van der Waals surface area contributed by atoms with Crippen molar-refractivity contribution in [2.45, 2.75) is 64.1 Å². The lowest BCUT2D eigenvalue weighted by molar-refractivity contribution is 0.0198. The molecule has 2 heterocycles. The van der Waals surface area contributed by atoms with Crippen LogP contribution in [0.1, 0.15) is 49.8 Å². The lowest BCUT2D eigenvalue weighted by Gasteiger charge is -2.37. The molecule has 0 radical (unpaired) electrons. The standard InChI is InChI=1S/C17H26N2O/c1-13-6-4-10-18-15(13)12-19-11-5-8-16(19)14-7-2-3-9-17(14)20/h4,6,10,14,16-17,20H,2-3,5,7-9,11-12H2,1H3. The molecule has 3 heteroatoms. The second-order valence-electron chi connectivity index (χ2n) is 6.46. The van der Waals surface area contributed by atoms with Crippen molar-refractivity contribution in [2.24, 2.45) is 5.92 Å². The van der Waals surface area contributed by atoms with Crippen molar-refractivity contribution in [1.82, 2.24) is 9.88 Å². The van der Waals surface area contributed by atoms with Crippen LogP contribution in [0.5, 0.6) is 0 Å². The van der Waals surface area contributed by atoms with Gasteiger partial charge in [-0.1, -0.05) is 18.9 Å². The average molecular weight is 274 g/mol. The first kappa shape index (κ1) is 14.0. The highest BCUT2D eigenvalue weighted by Crippen LogP contribution is 2.35. The van der Waals surface area contributed by atoms with Crippen LogP contribution in [-0.2, 0) is 6.54 Å². The number of rotatable bonds is 3. The Morgan fingerprint density at radius 1 is 1.25 bits per heavy atom. The van der Waals surface area contributed by atoms with Crippen LogP contribution >= 0.6 is 0 Å². The van der Waals surface area contributed by atoms with Gasteiger partial charge in [0.1, 0.15) is 0 Å². The fourth-order valence-electron chi connectivity index (χ4n) is 4.00. The van der Waals surface area contributed by atoms with Crippen molar-refractivity contribution in [3.8, 4) is 0 Å². The van der Waals surface area contributed by atoms with E-state index >= 15 is 0 Å². The van der Waals surface area contributed by atoms with E-state index in [0.717, 1.165) is 19.5 Å². The number of nitrogens with zero attached hydrogens (tertiary/aromatic N) is 2. The summed E-state index contributed by atoms with van der Waals surface area (Å²) < 4.78 is 0. The van der Waals surface area contributed by atoms with Gasteiger partial charge >= 0.3 is 0 Å². The van der Waals surface area contributed by atoms with E-state index < -0.39 is 0 Å². The molecule has 0 spiro atoms. The average Bonchev–Trinajstić information content (AvgIpc) is 2.90. The van der Waals surface area contributed by atoms with Gasteiger partial charge in [0.15, 0.2) is 0 Å². The number of likely N-dealkylation sites (tertiary alicyclic amines) is 1. The number of hydrogen-bond donors (Lipinski definition) is 1. The zero-order valence-corrected chi connectivity index (χ0v) is 12.5. The lowest BCUT2D eigenvalue weighted by atomic mass is 9.80. The normalized spacial score (nSPS) is 31.6. The quantitative estimate of drug-likeness (QED) is 0.920. The Balaban J connectivity index is 1.71. The van der Waals surface area contributed by atoms with Gasteiger partial charge in [-0.05, 0) is 50.8 Å². The van der Waals surface area contributed by atoms with E-state index in [-0.39, 0.29) is 6.10 Å². The molecular weight excluding hydrogens is 248 g/mol. The first-order valence-corrected chi connectivity index (χ1v) is 8.08. The summed E-state index contributed by atoms with van der Waals surface area (Å²) in [5.41, 5.74) is 2.48. The SMILES string of the molecule is Cc1cccnc1CN1CCCC1C1CCCCC1O. The number of aliphatic hydroxyl groups excluding tert-OH is 1. The summed E-state index contributed by atoms with van der Waals surface area (Å²) in [7, 11) is 0. The molecule has 3 atom stereocenters. The molecule has 3 unspecified atom stereocenters. The summed E-state index contributed by atoms with van der Waals surface area (Å²) in [6.07, 6.45) is 9.00. The molecular formula is C17H26N2O. The molecule has 2 aliphatic rings. The lowest BCUT2D eigenvalue weighted by Crippen LogP contribution is -2.42. The van der Waals surface area contributed by atoms with Crippen LogP contribution in [-0.4, -0.2) is 33.7 Å². The van der Waals surface area contributed by atoms with Gasteiger partial charge in [-0.3, -0.25) is 9.88 Å². The molecule has 3 nitrogen and oxygen atoms in total. The Morgan fingerprint density at radius 3 is 2.90 bits per heavy atom. The van der Waals surface area contributed by atoms with Gasteiger partial charge in [0.05, 0.1) is 11.8 Å². The van der Waals surface area contributed by atoms with Crippen molar-refractivity contribution in [3.63, 3.8) is 0 Å². The second kappa shape index (κ2) is 6.23. The highest BCUT2D eigenvalue weighted by Gasteiger charge is 2.36. The Labute approximate surface area is 122 Å². The summed E-state index contributed by atoms with van der Waals surface area (Å²) in [5.74, 6) is 0.482. The Hall–Kier alpha value is -0.930. The molecule has 1 saturated heterocycles. The molecule has 1 aliphatic carbocycles. The minimum atomic E-state index is -0.0841. The molecule has 2 fully saturated rings. The topological polar surface area (TPSA) is 36.4 Å². The molecule has 1 aliphatic heterocycles. The van der Waals surface area contributed by atoms with E-state index in [1.807, 2.05) is 12.3 Å². The maximum atomic E-state index is 10.3. The summed E-state index contributed by atoms with van der Waals surface area (Å²) in [4.78, 5) is 7.10. The summed E-state index contributed by atoms with van der Waals surface area (Å²) in [5, 5.41) is 10.3. The van der Waals surface area contributed by atoms with Crippen molar-refractivity contribution in [3.05, 3.63) is 29.6 Å². The molecule has 20 heavy (non-hydrogen) atoms. The van der Waals surface area contributed by atoms with E-state index in [0.29, 0.717) is 12.0 Å². The van der Waals surface area contributed by atoms with Crippen molar-refractivity contribution >= 4 is 0 Å². The molecule has 1 aromatic heterocycles. The fraction of sp³-hybridized carbons (Fsp3) is 0.706. The molecule has 110 valence electrons. The summed E-state index contributed by atoms with van der Waals surface area (Å²) in [6.45, 7) is 4.24. The van der Waals surface area contributed by atoms with Crippen LogP contribution in [0.3, 0.4) is 0 Å². The summed E-state index contributed by atoms with van der Waals surface area (Å²) in [6, 6.07) is 4.71. The zero-order valence-electron chi connectivity index (χ0n) is 12.5. The van der Waals surface area contributed by atoms with Gasteiger partial charge in [-0.15, -0.1) is 0 Å². The van der Waals surface area contributed by atoms with E-state index in [1.165, 1.54) is 43.4 Å². The number of hydrogen-bond acceptors (Lipinski definition) is 3. The third-order valence-corrected chi connectivity index (χ3v) is 5.16. The summed E-state index contributed by atoms with van der Waals surface area (Å²) >= 11 is 0. The predicted molar refractivity (Wildman–Crippen MR) is 80.4 cm³/mol. The van der Waals surface area contributed by atoms with E-state index in [4.69, 9.17) is 0 Å². The molecule has 1 aromatic rings. The van der Waals surface area contributed by atoms with Crippen molar-refractivity contribution in [2.75, 3.05) is 6.54 Å². The Bertz CT molecular complexity index is 448. The van der Waals surface area contributed by atoms with E-state index in [9.17, 15) is 5.11 Å². The molecule has 1 saturated carbocycles. The maximum Gasteiger partial charge on any atom is 0.0583 e. The molecule has 3 rings (SSSR count). The first-order chi connectivity index (χ1) is 9.75. The maximum absolute atomic E-state index is 10.3. The Kier molecular flexibility index (Phi) is 4.37. The van der Waals surface area contributed by atoms with Crippen LogP contribution in [0, 0.1) is 12.8 Å². The monoisotopic (exact) mass is 274 g/mol. The highest BCUT2D eigenvalue weighted by molar-refractivity contribution is 5.17. The van der Waals surface area contributed by atoms with Gasteiger partial charge < -0.3 is 5.11 Å². The van der Waals surface area contributed by atoms with Crippen LogP contribution in [0.25, 0.3) is 0 Å².